The van der Waals surface area contributed by atoms with Crippen molar-refractivity contribution in [2.45, 2.75) is 44.1 Å². The van der Waals surface area contributed by atoms with Gasteiger partial charge in [0.1, 0.15) is 0 Å². The van der Waals surface area contributed by atoms with E-state index in [0.29, 0.717) is 5.41 Å². The lowest BCUT2D eigenvalue weighted by atomic mass is 9.59. The number of hydrogen-bond donors (Lipinski definition) is 2. The Labute approximate surface area is 67.8 Å². The van der Waals surface area contributed by atoms with Gasteiger partial charge in [-0.15, -0.1) is 0 Å². The average molecular weight is 155 g/mol. The average Bonchev–Trinajstić information content (AvgIpc) is 2.27. The Kier molecular flexibility index (Phi) is 1.52. The second-order valence-electron chi connectivity index (χ2n) is 4.30. The van der Waals surface area contributed by atoms with Gasteiger partial charge in [-0.3, -0.25) is 0 Å². The fraction of sp³-hybridized carbons (Fsp3) is 1.00. The summed E-state index contributed by atoms with van der Waals surface area (Å²) in [6.45, 7) is 0.188. The molecule has 1 unspecified atom stereocenters. The van der Waals surface area contributed by atoms with E-state index in [2.05, 4.69) is 0 Å². The van der Waals surface area contributed by atoms with Crippen LogP contribution < -0.4 is 5.73 Å². The van der Waals surface area contributed by atoms with Crippen molar-refractivity contribution in [3.8, 4) is 0 Å². The van der Waals surface area contributed by atoms with E-state index in [0.717, 1.165) is 6.42 Å². The third kappa shape index (κ3) is 0.798. The zero-order valence-electron chi connectivity index (χ0n) is 6.97. The molecule has 2 aliphatic rings. The van der Waals surface area contributed by atoms with Gasteiger partial charge in [0.05, 0.1) is 6.61 Å². The van der Waals surface area contributed by atoms with Crippen molar-refractivity contribution in [3.63, 3.8) is 0 Å². The van der Waals surface area contributed by atoms with Crippen LogP contribution in [0, 0.1) is 5.41 Å². The molecule has 0 heterocycles. The van der Waals surface area contributed by atoms with E-state index in [1.807, 2.05) is 0 Å². The SMILES string of the molecule is NC1(CO)CCCC12CCC2. The number of aliphatic hydroxyl groups excluding tert-OH is 1. The molecule has 1 spiro atoms. The van der Waals surface area contributed by atoms with Gasteiger partial charge in [-0.25, -0.2) is 0 Å². The highest BCUT2D eigenvalue weighted by Gasteiger charge is 2.54. The first-order valence-electron chi connectivity index (χ1n) is 4.62. The molecular formula is C9H17NO. The topological polar surface area (TPSA) is 46.2 Å². The first-order chi connectivity index (χ1) is 5.22. The van der Waals surface area contributed by atoms with Gasteiger partial charge in [-0.05, 0) is 31.1 Å². The van der Waals surface area contributed by atoms with E-state index >= 15 is 0 Å². The fourth-order valence-electron chi connectivity index (χ4n) is 2.85. The Bertz CT molecular complexity index is 155. The van der Waals surface area contributed by atoms with Crippen LogP contribution in [0.25, 0.3) is 0 Å². The predicted octanol–water partition coefficient (Wildman–Crippen LogP) is 1.03. The third-order valence-corrected chi connectivity index (χ3v) is 3.93. The van der Waals surface area contributed by atoms with Gasteiger partial charge in [-0.1, -0.05) is 12.8 Å². The van der Waals surface area contributed by atoms with Crippen molar-refractivity contribution in [1.82, 2.24) is 0 Å². The zero-order valence-corrected chi connectivity index (χ0v) is 6.97. The lowest BCUT2D eigenvalue weighted by molar-refractivity contribution is 0.0148. The van der Waals surface area contributed by atoms with Crippen LogP contribution in [0.3, 0.4) is 0 Å². The first kappa shape index (κ1) is 7.56. The normalized spacial score (nSPS) is 40.9. The Morgan fingerprint density at radius 3 is 2.00 bits per heavy atom. The number of rotatable bonds is 1. The van der Waals surface area contributed by atoms with E-state index in [1.54, 1.807) is 0 Å². The van der Waals surface area contributed by atoms with E-state index < -0.39 is 0 Å². The van der Waals surface area contributed by atoms with E-state index in [1.165, 1.54) is 32.1 Å². The molecule has 11 heavy (non-hydrogen) atoms. The molecule has 0 amide bonds. The minimum absolute atomic E-state index is 0.188. The van der Waals surface area contributed by atoms with Crippen LogP contribution >= 0.6 is 0 Å². The largest absolute Gasteiger partial charge is 0.394 e. The van der Waals surface area contributed by atoms with Gasteiger partial charge < -0.3 is 10.8 Å². The summed E-state index contributed by atoms with van der Waals surface area (Å²) in [6, 6.07) is 0. The van der Waals surface area contributed by atoms with Gasteiger partial charge in [0.15, 0.2) is 0 Å². The maximum absolute atomic E-state index is 9.20. The summed E-state index contributed by atoms with van der Waals surface area (Å²) >= 11 is 0. The third-order valence-electron chi connectivity index (χ3n) is 3.93. The molecule has 2 fully saturated rings. The summed E-state index contributed by atoms with van der Waals surface area (Å²) in [7, 11) is 0. The highest BCUT2D eigenvalue weighted by molar-refractivity contribution is 5.10. The molecule has 3 N–H and O–H groups in total. The second-order valence-corrected chi connectivity index (χ2v) is 4.30. The Hall–Kier alpha value is -0.0800. The number of hydrogen-bond acceptors (Lipinski definition) is 2. The van der Waals surface area contributed by atoms with Crippen LogP contribution in [-0.4, -0.2) is 17.3 Å². The molecule has 0 aliphatic heterocycles. The molecule has 2 rings (SSSR count). The summed E-state index contributed by atoms with van der Waals surface area (Å²) in [5.41, 5.74) is 6.28. The molecule has 2 heteroatoms. The molecule has 0 aromatic carbocycles. The van der Waals surface area contributed by atoms with Gasteiger partial charge in [0, 0.05) is 5.54 Å². The van der Waals surface area contributed by atoms with Gasteiger partial charge in [0.2, 0.25) is 0 Å². The molecule has 2 aliphatic carbocycles. The Morgan fingerprint density at radius 2 is 1.64 bits per heavy atom. The minimum Gasteiger partial charge on any atom is -0.394 e. The smallest absolute Gasteiger partial charge is 0.0616 e. The monoisotopic (exact) mass is 155 g/mol. The van der Waals surface area contributed by atoms with Crippen molar-refractivity contribution < 1.29 is 5.11 Å². The quantitative estimate of drug-likeness (QED) is 0.594. The maximum atomic E-state index is 9.20. The van der Waals surface area contributed by atoms with Crippen LogP contribution in [0.2, 0.25) is 0 Å². The Balaban J connectivity index is 2.19. The summed E-state index contributed by atoms with van der Waals surface area (Å²) in [5.74, 6) is 0. The molecule has 2 nitrogen and oxygen atoms in total. The van der Waals surface area contributed by atoms with Gasteiger partial charge in [0.25, 0.3) is 0 Å². The standard InChI is InChI=1S/C9H17NO/c10-9(7-11)6-2-5-8(9)3-1-4-8/h11H,1-7,10H2. The van der Waals surface area contributed by atoms with E-state index in [-0.39, 0.29) is 12.1 Å². The lowest BCUT2D eigenvalue weighted by Crippen LogP contribution is -2.57. The molecule has 1 atom stereocenters. The van der Waals surface area contributed by atoms with Crippen molar-refractivity contribution in [1.29, 1.82) is 0 Å². The molecule has 0 aromatic rings. The molecule has 2 saturated carbocycles. The minimum atomic E-state index is -0.217. The van der Waals surface area contributed by atoms with Crippen LogP contribution in [0.1, 0.15) is 38.5 Å². The zero-order chi connectivity index (χ0) is 7.95. The molecule has 0 saturated heterocycles. The van der Waals surface area contributed by atoms with Crippen LogP contribution in [0.4, 0.5) is 0 Å². The molecule has 64 valence electrons. The van der Waals surface area contributed by atoms with Crippen molar-refractivity contribution in [2.75, 3.05) is 6.61 Å². The van der Waals surface area contributed by atoms with E-state index in [9.17, 15) is 5.11 Å². The predicted molar refractivity (Wildman–Crippen MR) is 44.1 cm³/mol. The summed E-state index contributed by atoms with van der Waals surface area (Å²) in [6.07, 6.45) is 7.33. The van der Waals surface area contributed by atoms with Crippen LogP contribution in [0.15, 0.2) is 0 Å². The Morgan fingerprint density at radius 1 is 1.09 bits per heavy atom. The first-order valence-corrected chi connectivity index (χ1v) is 4.62. The number of aliphatic hydroxyl groups is 1. The van der Waals surface area contributed by atoms with E-state index in [4.69, 9.17) is 5.73 Å². The number of nitrogens with two attached hydrogens (primary N) is 1. The summed E-state index contributed by atoms with van der Waals surface area (Å²) in [4.78, 5) is 0. The van der Waals surface area contributed by atoms with Crippen LogP contribution in [0.5, 0.6) is 0 Å². The van der Waals surface area contributed by atoms with Gasteiger partial charge in [-0.2, -0.15) is 0 Å². The molecule has 0 bridgehead atoms. The molecule has 0 radical (unpaired) electrons. The second kappa shape index (κ2) is 2.20. The van der Waals surface area contributed by atoms with Crippen molar-refractivity contribution in [2.24, 2.45) is 11.1 Å². The van der Waals surface area contributed by atoms with Crippen molar-refractivity contribution in [3.05, 3.63) is 0 Å². The van der Waals surface area contributed by atoms with Gasteiger partial charge >= 0.3 is 0 Å². The molecular weight excluding hydrogens is 138 g/mol. The van der Waals surface area contributed by atoms with Crippen LogP contribution in [-0.2, 0) is 0 Å². The highest BCUT2D eigenvalue weighted by Crippen LogP contribution is 2.57. The molecule has 0 aromatic heterocycles. The van der Waals surface area contributed by atoms with Crippen molar-refractivity contribution >= 4 is 0 Å². The maximum Gasteiger partial charge on any atom is 0.0616 e. The fourth-order valence-corrected chi connectivity index (χ4v) is 2.85. The summed E-state index contributed by atoms with van der Waals surface area (Å²) < 4.78 is 0. The lowest BCUT2D eigenvalue weighted by Gasteiger charge is -2.49. The highest BCUT2D eigenvalue weighted by atomic mass is 16.3. The summed E-state index contributed by atoms with van der Waals surface area (Å²) in [5, 5.41) is 9.20.